The zero-order valence-corrected chi connectivity index (χ0v) is 19.6. The van der Waals surface area contributed by atoms with Crippen LogP contribution in [0.1, 0.15) is 31.4 Å². The molecule has 1 aromatic rings. The Balaban J connectivity index is 0.00000625. The summed E-state index contributed by atoms with van der Waals surface area (Å²) in [5, 5.41) is 6.51. The summed E-state index contributed by atoms with van der Waals surface area (Å²) in [7, 11) is 1.16. The lowest BCUT2D eigenvalue weighted by Gasteiger charge is -2.18. The van der Waals surface area contributed by atoms with Crippen molar-refractivity contribution in [2.24, 2.45) is 4.99 Å². The van der Waals surface area contributed by atoms with E-state index in [1.165, 1.54) is 17.4 Å². The predicted molar refractivity (Wildman–Crippen MR) is 121 cm³/mol. The number of halogens is 1. The smallest absolute Gasteiger partial charge is 0.191 e. The molecular formula is C18H33IN4O2S. The summed E-state index contributed by atoms with van der Waals surface area (Å²) < 4.78 is 22.6. The topological polar surface area (TPSA) is 73.8 Å². The predicted octanol–water partition coefficient (Wildman–Crippen LogP) is 2.24. The van der Waals surface area contributed by atoms with Gasteiger partial charge < -0.3 is 15.5 Å². The SMILES string of the molecule is CCNC(=NCc1ccccc1CN(C)C)NC(C)CCS(C)(=O)=O.I. The molecule has 0 aliphatic carbocycles. The molecule has 0 saturated heterocycles. The number of nitrogens with one attached hydrogen (secondary N) is 2. The summed E-state index contributed by atoms with van der Waals surface area (Å²) in [6, 6.07) is 8.32. The van der Waals surface area contributed by atoms with Gasteiger partial charge in [-0.15, -0.1) is 24.0 Å². The Labute approximate surface area is 175 Å². The van der Waals surface area contributed by atoms with Crippen LogP contribution in [0.2, 0.25) is 0 Å². The van der Waals surface area contributed by atoms with E-state index in [1.54, 1.807) is 0 Å². The fourth-order valence-corrected chi connectivity index (χ4v) is 3.17. The lowest BCUT2D eigenvalue weighted by molar-refractivity contribution is 0.401. The summed E-state index contributed by atoms with van der Waals surface area (Å²) >= 11 is 0. The Morgan fingerprint density at radius 2 is 1.85 bits per heavy atom. The van der Waals surface area contributed by atoms with Crippen LogP contribution < -0.4 is 10.6 Å². The highest BCUT2D eigenvalue weighted by atomic mass is 127. The molecule has 1 rings (SSSR count). The Hall–Kier alpha value is -0.870. The molecule has 0 spiro atoms. The molecule has 26 heavy (non-hydrogen) atoms. The van der Waals surface area contributed by atoms with Gasteiger partial charge in [-0.25, -0.2) is 13.4 Å². The molecule has 0 fully saturated rings. The van der Waals surface area contributed by atoms with Crippen LogP contribution in [0.3, 0.4) is 0 Å². The van der Waals surface area contributed by atoms with Crippen molar-refractivity contribution in [2.75, 3.05) is 32.6 Å². The molecule has 1 unspecified atom stereocenters. The number of rotatable bonds is 9. The Bertz CT molecular complexity index is 663. The van der Waals surface area contributed by atoms with E-state index in [0.29, 0.717) is 18.9 Å². The average Bonchev–Trinajstić information content (AvgIpc) is 2.51. The first-order chi connectivity index (χ1) is 11.7. The van der Waals surface area contributed by atoms with Gasteiger partial charge in [0, 0.05) is 25.4 Å². The minimum absolute atomic E-state index is 0. The zero-order valence-electron chi connectivity index (χ0n) is 16.4. The third kappa shape index (κ3) is 11.0. The van der Waals surface area contributed by atoms with Crippen molar-refractivity contribution < 1.29 is 8.42 Å². The monoisotopic (exact) mass is 496 g/mol. The highest BCUT2D eigenvalue weighted by Crippen LogP contribution is 2.11. The molecule has 0 saturated carbocycles. The van der Waals surface area contributed by atoms with Gasteiger partial charge in [0.05, 0.1) is 12.3 Å². The minimum Gasteiger partial charge on any atom is -0.357 e. The van der Waals surface area contributed by atoms with Crippen molar-refractivity contribution in [3.05, 3.63) is 35.4 Å². The standard InChI is InChI=1S/C18H32N4O2S.HI/c1-6-19-18(21-15(2)11-12-25(5,23)24)20-13-16-9-7-8-10-17(16)14-22(3)4;/h7-10,15H,6,11-14H2,1-5H3,(H2,19,20,21);1H. The van der Waals surface area contributed by atoms with E-state index in [0.717, 1.165) is 13.1 Å². The average molecular weight is 496 g/mol. The Morgan fingerprint density at radius 3 is 2.38 bits per heavy atom. The first-order valence-electron chi connectivity index (χ1n) is 8.65. The molecule has 8 heteroatoms. The van der Waals surface area contributed by atoms with Crippen molar-refractivity contribution in [1.82, 2.24) is 15.5 Å². The maximum Gasteiger partial charge on any atom is 0.191 e. The molecule has 0 bridgehead atoms. The molecule has 2 N–H and O–H groups in total. The van der Waals surface area contributed by atoms with Gasteiger partial charge in [-0.2, -0.15) is 0 Å². The summed E-state index contributed by atoms with van der Waals surface area (Å²) in [6.45, 7) is 6.19. The van der Waals surface area contributed by atoms with Crippen LogP contribution in [0.15, 0.2) is 29.3 Å². The normalized spacial score (nSPS) is 13.2. The minimum atomic E-state index is -2.94. The second-order valence-corrected chi connectivity index (χ2v) is 8.93. The molecule has 0 aromatic heterocycles. The fourth-order valence-electron chi connectivity index (χ4n) is 2.39. The molecule has 6 nitrogen and oxygen atoms in total. The molecule has 0 radical (unpaired) electrons. The van der Waals surface area contributed by atoms with Crippen LogP contribution in [0.5, 0.6) is 0 Å². The van der Waals surface area contributed by atoms with Gasteiger partial charge in [-0.1, -0.05) is 24.3 Å². The summed E-state index contributed by atoms with van der Waals surface area (Å²) in [4.78, 5) is 6.80. The van der Waals surface area contributed by atoms with Crippen LogP contribution in [0, 0.1) is 0 Å². The van der Waals surface area contributed by atoms with E-state index in [4.69, 9.17) is 0 Å². The van der Waals surface area contributed by atoms with E-state index in [2.05, 4.69) is 46.8 Å². The maximum atomic E-state index is 11.3. The van der Waals surface area contributed by atoms with Crippen molar-refractivity contribution in [3.8, 4) is 0 Å². The number of benzene rings is 1. The van der Waals surface area contributed by atoms with Crippen molar-refractivity contribution in [1.29, 1.82) is 0 Å². The molecule has 1 aromatic carbocycles. The van der Waals surface area contributed by atoms with Gasteiger partial charge in [0.2, 0.25) is 0 Å². The first kappa shape index (κ1) is 25.1. The highest BCUT2D eigenvalue weighted by Gasteiger charge is 2.10. The molecular weight excluding hydrogens is 463 g/mol. The van der Waals surface area contributed by atoms with Gasteiger partial charge in [-0.3, -0.25) is 0 Å². The van der Waals surface area contributed by atoms with Gasteiger partial charge in [0.15, 0.2) is 5.96 Å². The fraction of sp³-hybridized carbons (Fsp3) is 0.611. The zero-order chi connectivity index (χ0) is 18.9. The second kappa shape index (κ2) is 12.5. The molecule has 0 amide bonds. The number of aliphatic imine (C=N–C) groups is 1. The summed E-state index contributed by atoms with van der Waals surface area (Å²) in [5.41, 5.74) is 2.45. The Kier molecular flexibility index (Phi) is 12.1. The molecule has 0 aliphatic rings. The number of guanidine groups is 1. The van der Waals surface area contributed by atoms with E-state index < -0.39 is 9.84 Å². The number of hydrogen-bond acceptors (Lipinski definition) is 4. The third-order valence-corrected chi connectivity index (χ3v) is 4.64. The largest absolute Gasteiger partial charge is 0.357 e. The van der Waals surface area contributed by atoms with Crippen LogP contribution >= 0.6 is 24.0 Å². The number of sulfone groups is 1. The third-order valence-electron chi connectivity index (χ3n) is 3.66. The van der Waals surface area contributed by atoms with Crippen LogP contribution in [-0.4, -0.2) is 58.0 Å². The molecule has 0 heterocycles. The molecule has 0 aliphatic heterocycles. The van der Waals surface area contributed by atoms with Gasteiger partial charge in [-0.05, 0) is 45.5 Å². The highest BCUT2D eigenvalue weighted by molar-refractivity contribution is 14.0. The lowest BCUT2D eigenvalue weighted by Crippen LogP contribution is -2.42. The van der Waals surface area contributed by atoms with Crippen LogP contribution in [0.4, 0.5) is 0 Å². The summed E-state index contributed by atoms with van der Waals surface area (Å²) in [6.07, 6.45) is 1.82. The summed E-state index contributed by atoms with van der Waals surface area (Å²) in [5.74, 6) is 0.884. The number of nitrogens with zero attached hydrogens (tertiary/aromatic N) is 2. The number of hydrogen-bond donors (Lipinski definition) is 2. The Morgan fingerprint density at radius 1 is 1.23 bits per heavy atom. The van der Waals surface area contributed by atoms with E-state index in [-0.39, 0.29) is 35.8 Å². The maximum absolute atomic E-state index is 11.3. The van der Waals surface area contributed by atoms with Crippen molar-refractivity contribution in [2.45, 2.75) is 39.4 Å². The van der Waals surface area contributed by atoms with E-state index in [9.17, 15) is 8.42 Å². The van der Waals surface area contributed by atoms with E-state index in [1.807, 2.05) is 26.0 Å². The van der Waals surface area contributed by atoms with Gasteiger partial charge >= 0.3 is 0 Å². The van der Waals surface area contributed by atoms with Crippen molar-refractivity contribution >= 4 is 39.8 Å². The van der Waals surface area contributed by atoms with E-state index >= 15 is 0 Å². The van der Waals surface area contributed by atoms with Gasteiger partial charge in [0.1, 0.15) is 9.84 Å². The molecule has 150 valence electrons. The van der Waals surface area contributed by atoms with Crippen LogP contribution in [-0.2, 0) is 22.9 Å². The lowest BCUT2D eigenvalue weighted by atomic mass is 10.1. The second-order valence-electron chi connectivity index (χ2n) is 6.67. The van der Waals surface area contributed by atoms with Gasteiger partial charge in [0.25, 0.3) is 0 Å². The molecule has 1 atom stereocenters. The van der Waals surface area contributed by atoms with Crippen molar-refractivity contribution in [3.63, 3.8) is 0 Å². The van der Waals surface area contributed by atoms with Crippen LogP contribution in [0.25, 0.3) is 0 Å². The first-order valence-corrected chi connectivity index (χ1v) is 10.7. The quantitative estimate of drug-likeness (QED) is 0.312.